The van der Waals surface area contributed by atoms with Crippen molar-refractivity contribution in [1.82, 2.24) is 20.2 Å². The van der Waals surface area contributed by atoms with Crippen molar-refractivity contribution in [2.45, 2.75) is 71.9 Å². The van der Waals surface area contributed by atoms with Gasteiger partial charge in [0.05, 0.1) is 0 Å². The topological polar surface area (TPSA) is 68.8 Å². The van der Waals surface area contributed by atoms with Crippen molar-refractivity contribution in [2.24, 2.45) is 17.2 Å². The van der Waals surface area contributed by atoms with E-state index in [1.54, 1.807) is 6.33 Å². The highest BCUT2D eigenvalue weighted by Crippen LogP contribution is 2.39. The predicted octanol–water partition coefficient (Wildman–Crippen LogP) is 2.28. The van der Waals surface area contributed by atoms with Gasteiger partial charge in [0.1, 0.15) is 12.2 Å². The van der Waals surface area contributed by atoms with Crippen LogP contribution in [0.5, 0.6) is 0 Å². The Balaban J connectivity index is 2.08. The van der Waals surface area contributed by atoms with Crippen molar-refractivity contribution in [2.75, 3.05) is 0 Å². The van der Waals surface area contributed by atoms with Crippen LogP contribution in [0, 0.1) is 11.3 Å². The van der Waals surface area contributed by atoms with Crippen LogP contribution in [-0.4, -0.2) is 20.8 Å². The van der Waals surface area contributed by atoms with Gasteiger partial charge in [-0.25, -0.2) is 9.67 Å². The van der Waals surface area contributed by atoms with Gasteiger partial charge in [-0.1, -0.05) is 40.0 Å². The minimum absolute atomic E-state index is 0.276. The average molecular weight is 279 g/mol. The molecule has 1 saturated carbocycles. The molecule has 5 heteroatoms. The first-order valence-corrected chi connectivity index (χ1v) is 7.88. The van der Waals surface area contributed by atoms with E-state index in [1.165, 1.54) is 32.1 Å². The highest BCUT2D eigenvalue weighted by atomic mass is 15.3. The zero-order valence-electron chi connectivity index (χ0n) is 13.1. The Morgan fingerprint density at radius 1 is 1.35 bits per heavy atom. The third-order valence-corrected chi connectivity index (χ3v) is 4.66. The van der Waals surface area contributed by atoms with E-state index in [-0.39, 0.29) is 11.5 Å². The molecule has 114 valence electrons. The molecule has 2 rings (SSSR count). The fraction of sp³-hybridized carbons (Fsp3) is 0.867. The molecule has 1 aliphatic carbocycles. The molecule has 20 heavy (non-hydrogen) atoms. The third kappa shape index (κ3) is 3.58. The summed E-state index contributed by atoms with van der Waals surface area (Å²) in [4.78, 5) is 4.44. The third-order valence-electron chi connectivity index (χ3n) is 4.66. The highest BCUT2D eigenvalue weighted by molar-refractivity contribution is 4.97. The zero-order valence-corrected chi connectivity index (χ0v) is 13.1. The SMILES string of the molecule is CC(C)Cn1ncnc1CC(NN)C1(C)CCCCC1. The number of hydrogen-bond acceptors (Lipinski definition) is 4. The van der Waals surface area contributed by atoms with E-state index >= 15 is 0 Å². The van der Waals surface area contributed by atoms with Crippen LogP contribution in [0.4, 0.5) is 0 Å². The molecular weight excluding hydrogens is 250 g/mol. The molecule has 1 heterocycles. The smallest absolute Gasteiger partial charge is 0.138 e. The van der Waals surface area contributed by atoms with Gasteiger partial charge in [0.25, 0.3) is 0 Å². The molecule has 1 aromatic heterocycles. The first-order chi connectivity index (χ1) is 9.55. The molecule has 1 atom stereocenters. The van der Waals surface area contributed by atoms with Crippen LogP contribution in [0.15, 0.2) is 6.33 Å². The molecule has 1 fully saturated rings. The first kappa shape index (κ1) is 15.4. The minimum Gasteiger partial charge on any atom is -0.271 e. The summed E-state index contributed by atoms with van der Waals surface area (Å²) in [6.07, 6.45) is 9.01. The van der Waals surface area contributed by atoms with Gasteiger partial charge >= 0.3 is 0 Å². The molecule has 1 unspecified atom stereocenters. The maximum Gasteiger partial charge on any atom is 0.138 e. The molecule has 0 bridgehead atoms. The Kier molecular flexibility index (Phi) is 5.16. The Labute approximate surface area is 122 Å². The van der Waals surface area contributed by atoms with Crippen LogP contribution in [0.1, 0.15) is 58.7 Å². The van der Waals surface area contributed by atoms with E-state index in [9.17, 15) is 0 Å². The standard InChI is InChI=1S/C15H29N5/c1-12(2)10-20-14(17-11-18-20)9-13(19-16)15(3)7-5-4-6-8-15/h11-13,19H,4-10,16H2,1-3H3. The summed E-state index contributed by atoms with van der Waals surface area (Å²) in [5.41, 5.74) is 3.33. The number of aromatic nitrogens is 3. The number of hydrazine groups is 1. The summed E-state index contributed by atoms with van der Waals surface area (Å²) in [6.45, 7) is 7.68. The van der Waals surface area contributed by atoms with Crippen molar-refractivity contribution in [1.29, 1.82) is 0 Å². The monoisotopic (exact) mass is 279 g/mol. The summed E-state index contributed by atoms with van der Waals surface area (Å²) in [6, 6.07) is 0.276. The first-order valence-electron chi connectivity index (χ1n) is 7.88. The minimum atomic E-state index is 0.276. The summed E-state index contributed by atoms with van der Waals surface area (Å²) >= 11 is 0. The molecule has 0 amide bonds. The second-order valence-electron chi connectivity index (χ2n) is 6.89. The summed E-state index contributed by atoms with van der Waals surface area (Å²) in [5, 5.41) is 4.35. The van der Waals surface area contributed by atoms with Crippen molar-refractivity contribution in [3.05, 3.63) is 12.2 Å². The molecule has 0 saturated heterocycles. The van der Waals surface area contributed by atoms with Gasteiger partial charge in [-0.05, 0) is 24.2 Å². The van der Waals surface area contributed by atoms with Gasteiger partial charge in [-0.15, -0.1) is 0 Å². The lowest BCUT2D eigenvalue weighted by Crippen LogP contribution is -2.49. The lowest BCUT2D eigenvalue weighted by molar-refractivity contribution is 0.141. The van der Waals surface area contributed by atoms with Crippen LogP contribution in [-0.2, 0) is 13.0 Å². The summed E-state index contributed by atoms with van der Waals surface area (Å²) in [5.74, 6) is 7.47. The van der Waals surface area contributed by atoms with E-state index in [1.807, 2.05) is 4.68 Å². The number of rotatable bonds is 6. The van der Waals surface area contributed by atoms with Crippen LogP contribution < -0.4 is 11.3 Å². The normalized spacial score (nSPS) is 20.2. The Morgan fingerprint density at radius 2 is 2.05 bits per heavy atom. The molecule has 3 N–H and O–H groups in total. The Bertz CT molecular complexity index is 406. The van der Waals surface area contributed by atoms with Crippen LogP contribution in [0.2, 0.25) is 0 Å². The van der Waals surface area contributed by atoms with E-state index in [0.29, 0.717) is 5.92 Å². The van der Waals surface area contributed by atoms with Crippen molar-refractivity contribution < 1.29 is 0 Å². The van der Waals surface area contributed by atoms with E-state index in [4.69, 9.17) is 5.84 Å². The van der Waals surface area contributed by atoms with E-state index in [0.717, 1.165) is 18.8 Å². The van der Waals surface area contributed by atoms with Gasteiger partial charge in [0, 0.05) is 19.0 Å². The van der Waals surface area contributed by atoms with Crippen molar-refractivity contribution in [3.8, 4) is 0 Å². The fourth-order valence-corrected chi connectivity index (χ4v) is 3.34. The number of hydrogen-bond donors (Lipinski definition) is 2. The lowest BCUT2D eigenvalue weighted by Gasteiger charge is -2.40. The summed E-state index contributed by atoms with van der Waals surface area (Å²) < 4.78 is 2.03. The Morgan fingerprint density at radius 3 is 2.65 bits per heavy atom. The van der Waals surface area contributed by atoms with Crippen molar-refractivity contribution >= 4 is 0 Å². The summed E-state index contributed by atoms with van der Waals surface area (Å²) in [7, 11) is 0. The molecule has 0 spiro atoms. The molecular formula is C15H29N5. The van der Waals surface area contributed by atoms with Crippen molar-refractivity contribution in [3.63, 3.8) is 0 Å². The van der Waals surface area contributed by atoms with Gasteiger partial charge in [-0.2, -0.15) is 5.10 Å². The molecule has 0 aromatic carbocycles. The average Bonchev–Trinajstić information content (AvgIpc) is 2.83. The highest BCUT2D eigenvalue weighted by Gasteiger charge is 2.35. The maximum atomic E-state index is 5.85. The largest absolute Gasteiger partial charge is 0.271 e. The van der Waals surface area contributed by atoms with Crippen LogP contribution in [0.25, 0.3) is 0 Å². The quantitative estimate of drug-likeness (QED) is 0.619. The van der Waals surface area contributed by atoms with Gasteiger partial charge in [0.15, 0.2) is 0 Å². The number of nitrogens with one attached hydrogen (secondary N) is 1. The molecule has 0 radical (unpaired) electrons. The van der Waals surface area contributed by atoms with E-state index < -0.39 is 0 Å². The zero-order chi connectivity index (χ0) is 14.6. The Hall–Kier alpha value is -0.940. The maximum absolute atomic E-state index is 5.85. The lowest BCUT2D eigenvalue weighted by atomic mass is 9.70. The second kappa shape index (κ2) is 6.68. The molecule has 0 aliphatic heterocycles. The molecule has 5 nitrogen and oxygen atoms in total. The number of nitrogens with zero attached hydrogens (tertiary/aromatic N) is 3. The number of nitrogens with two attached hydrogens (primary N) is 1. The van der Waals surface area contributed by atoms with E-state index in [2.05, 4.69) is 36.3 Å². The molecule has 1 aromatic rings. The van der Waals surface area contributed by atoms with Gasteiger partial charge in [0.2, 0.25) is 0 Å². The van der Waals surface area contributed by atoms with Crippen LogP contribution >= 0.6 is 0 Å². The fourth-order valence-electron chi connectivity index (χ4n) is 3.34. The van der Waals surface area contributed by atoms with Gasteiger partial charge in [-0.3, -0.25) is 11.3 Å². The second-order valence-corrected chi connectivity index (χ2v) is 6.89. The predicted molar refractivity (Wildman–Crippen MR) is 80.9 cm³/mol. The van der Waals surface area contributed by atoms with Crippen LogP contribution in [0.3, 0.4) is 0 Å². The van der Waals surface area contributed by atoms with Gasteiger partial charge < -0.3 is 0 Å². The molecule has 1 aliphatic rings.